The molecule has 0 aliphatic carbocycles. The van der Waals surface area contributed by atoms with E-state index < -0.39 is 12.6 Å². The van der Waals surface area contributed by atoms with E-state index >= 15 is 0 Å². The fourth-order valence-corrected chi connectivity index (χ4v) is 3.76. The van der Waals surface area contributed by atoms with Gasteiger partial charge in [-0.2, -0.15) is 0 Å². The molecule has 2 aromatic heterocycles. The molecule has 0 aliphatic heterocycles. The fourth-order valence-electron chi connectivity index (χ4n) is 3.76. The maximum atomic E-state index is 13.0. The molecule has 2 heterocycles. The SMILES string of the molecule is Cc1c(-c2ccccc2)oc2c(C(=O)OCC(=O)c3cc(C)n(C)c3C)cccc2c1=O. The molecule has 162 valence electrons. The molecule has 6 nitrogen and oxygen atoms in total. The van der Waals surface area contributed by atoms with Crippen LogP contribution in [0.1, 0.15) is 37.7 Å². The second kappa shape index (κ2) is 8.30. The monoisotopic (exact) mass is 429 g/mol. The lowest BCUT2D eigenvalue weighted by Gasteiger charge is -2.10. The van der Waals surface area contributed by atoms with Gasteiger partial charge in [0.2, 0.25) is 5.78 Å². The smallest absolute Gasteiger partial charge is 0.342 e. The van der Waals surface area contributed by atoms with Gasteiger partial charge in [-0.25, -0.2) is 4.79 Å². The lowest BCUT2D eigenvalue weighted by molar-refractivity contribution is 0.0475. The van der Waals surface area contributed by atoms with Crippen molar-refractivity contribution in [3.63, 3.8) is 0 Å². The van der Waals surface area contributed by atoms with Crippen LogP contribution in [0.5, 0.6) is 0 Å². The van der Waals surface area contributed by atoms with E-state index in [1.165, 1.54) is 6.07 Å². The Morgan fingerprint density at radius 3 is 2.34 bits per heavy atom. The molecule has 0 spiro atoms. The second-order valence-corrected chi connectivity index (χ2v) is 7.78. The molecule has 2 aromatic carbocycles. The summed E-state index contributed by atoms with van der Waals surface area (Å²) in [6.45, 7) is 5.04. The number of esters is 1. The highest BCUT2D eigenvalue weighted by molar-refractivity contribution is 6.04. The minimum absolute atomic E-state index is 0.102. The van der Waals surface area contributed by atoms with Crippen LogP contribution in [0.15, 0.2) is 63.8 Å². The predicted octanol–water partition coefficient (Wildman–Crippen LogP) is 4.76. The molecule has 4 aromatic rings. The maximum absolute atomic E-state index is 13.0. The lowest BCUT2D eigenvalue weighted by Crippen LogP contribution is -2.16. The third kappa shape index (κ3) is 3.64. The number of rotatable bonds is 5. The number of Topliss-reactive ketones (excluding diaryl/α,β-unsaturated/α-hetero) is 1. The molecule has 32 heavy (non-hydrogen) atoms. The van der Waals surface area contributed by atoms with Crippen LogP contribution in [0.3, 0.4) is 0 Å². The van der Waals surface area contributed by atoms with Crippen molar-refractivity contribution >= 4 is 22.7 Å². The Bertz CT molecular complexity index is 1410. The van der Waals surface area contributed by atoms with Crippen LogP contribution in [0, 0.1) is 20.8 Å². The van der Waals surface area contributed by atoms with Crippen molar-refractivity contribution in [1.82, 2.24) is 4.57 Å². The maximum Gasteiger partial charge on any atom is 0.342 e. The van der Waals surface area contributed by atoms with E-state index in [-0.39, 0.29) is 27.7 Å². The standard InChI is InChI=1S/C26H23NO5/c1-15-13-21(17(3)27(15)4)22(28)14-31-26(30)20-12-8-11-19-23(29)16(2)24(32-25(19)20)18-9-6-5-7-10-18/h5-13H,14H2,1-4H3. The Hall–Kier alpha value is -3.93. The number of aryl methyl sites for hydroxylation is 1. The quantitative estimate of drug-likeness (QED) is 0.338. The molecule has 0 N–H and O–H groups in total. The van der Waals surface area contributed by atoms with Gasteiger partial charge in [-0.05, 0) is 39.0 Å². The highest BCUT2D eigenvalue weighted by Gasteiger charge is 2.21. The van der Waals surface area contributed by atoms with Gasteiger partial charge in [0.15, 0.2) is 17.6 Å². The second-order valence-electron chi connectivity index (χ2n) is 7.78. The summed E-state index contributed by atoms with van der Waals surface area (Å²) < 4.78 is 13.3. The van der Waals surface area contributed by atoms with Crippen LogP contribution in [0.2, 0.25) is 0 Å². The van der Waals surface area contributed by atoms with Crippen LogP contribution in [0.4, 0.5) is 0 Å². The van der Waals surface area contributed by atoms with Gasteiger partial charge in [0.25, 0.3) is 0 Å². The number of ketones is 1. The van der Waals surface area contributed by atoms with Gasteiger partial charge in [-0.3, -0.25) is 9.59 Å². The number of para-hydroxylation sites is 1. The van der Waals surface area contributed by atoms with E-state index in [9.17, 15) is 14.4 Å². The van der Waals surface area contributed by atoms with E-state index in [0.717, 1.165) is 17.0 Å². The highest BCUT2D eigenvalue weighted by Crippen LogP contribution is 2.27. The zero-order chi connectivity index (χ0) is 23.0. The van der Waals surface area contributed by atoms with Crippen LogP contribution < -0.4 is 5.43 Å². The average molecular weight is 429 g/mol. The molecule has 0 atom stereocenters. The summed E-state index contributed by atoms with van der Waals surface area (Å²) in [5.74, 6) is -0.614. The number of aromatic nitrogens is 1. The molecule has 0 saturated heterocycles. The Morgan fingerprint density at radius 1 is 0.969 bits per heavy atom. The summed E-state index contributed by atoms with van der Waals surface area (Å²) in [4.78, 5) is 38.4. The van der Waals surface area contributed by atoms with E-state index in [0.29, 0.717) is 16.9 Å². The zero-order valence-electron chi connectivity index (χ0n) is 18.4. The molecule has 0 saturated carbocycles. The first kappa shape index (κ1) is 21.3. The minimum Gasteiger partial charge on any atom is -0.455 e. The van der Waals surface area contributed by atoms with Crippen LogP contribution in [-0.2, 0) is 11.8 Å². The number of hydrogen-bond donors (Lipinski definition) is 0. The van der Waals surface area contributed by atoms with Crippen LogP contribution >= 0.6 is 0 Å². The minimum atomic E-state index is -0.722. The number of carbonyl (C=O) groups excluding carboxylic acids is 2. The normalized spacial score (nSPS) is 11.0. The first-order valence-corrected chi connectivity index (χ1v) is 10.2. The molecule has 0 radical (unpaired) electrons. The summed E-state index contributed by atoms with van der Waals surface area (Å²) in [5.41, 5.74) is 3.49. The van der Waals surface area contributed by atoms with Crippen molar-refractivity contribution < 1.29 is 18.7 Å². The average Bonchev–Trinajstić information content (AvgIpc) is 3.07. The largest absolute Gasteiger partial charge is 0.455 e. The van der Waals surface area contributed by atoms with Gasteiger partial charge in [-0.15, -0.1) is 0 Å². The Morgan fingerprint density at radius 2 is 1.69 bits per heavy atom. The zero-order valence-corrected chi connectivity index (χ0v) is 18.4. The number of fused-ring (bicyclic) bond motifs is 1. The predicted molar refractivity (Wildman–Crippen MR) is 122 cm³/mol. The molecule has 0 unspecified atom stereocenters. The number of benzene rings is 2. The van der Waals surface area contributed by atoms with Crippen LogP contribution in [-0.4, -0.2) is 22.9 Å². The summed E-state index contributed by atoms with van der Waals surface area (Å²) in [6, 6.07) is 15.7. The van der Waals surface area contributed by atoms with E-state index in [1.54, 1.807) is 25.1 Å². The number of ether oxygens (including phenoxy) is 1. The van der Waals surface area contributed by atoms with E-state index in [1.807, 2.05) is 55.8 Å². The Balaban J connectivity index is 1.69. The molecule has 6 heteroatoms. The summed E-state index contributed by atoms with van der Waals surface area (Å²) in [7, 11) is 1.87. The van der Waals surface area contributed by atoms with Gasteiger partial charge in [0.05, 0.1) is 5.39 Å². The van der Waals surface area contributed by atoms with Crippen molar-refractivity contribution in [3.05, 3.63) is 92.9 Å². The molecule has 0 aliphatic rings. The summed E-state index contributed by atoms with van der Waals surface area (Å²) in [5, 5.41) is 0.289. The fraction of sp³-hybridized carbons (Fsp3) is 0.192. The van der Waals surface area contributed by atoms with Gasteiger partial charge >= 0.3 is 5.97 Å². The first-order chi connectivity index (χ1) is 15.3. The van der Waals surface area contributed by atoms with Crippen molar-refractivity contribution in [2.45, 2.75) is 20.8 Å². The molecule has 0 fully saturated rings. The Kier molecular flexibility index (Phi) is 5.53. The topological polar surface area (TPSA) is 78.5 Å². The number of nitrogens with zero attached hydrogens (tertiary/aromatic N) is 1. The van der Waals surface area contributed by atoms with Gasteiger partial charge in [-0.1, -0.05) is 36.4 Å². The Labute approximate surface area is 185 Å². The molecule has 4 rings (SSSR count). The summed E-state index contributed by atoms with van der Waals surface area (Å²) in [6.07, 6.45) is 0. The third-order valence-corrected chi connectivity index (χ3v) is 5.81. The molecular formula is C26H23NO5. The lowest BCUT2D eigenvalue weighted by atomic mass is 10.0. The molecule has 0 bridgehead atoms. The van der Waals surface area contributed by atoms with Crippen molar-refractivity contribution in [1.29, 1.82) is 0 Å². The first-order valence-electron chi connectivity index (χ1n) is 10.2. The number of hydrogen-bond acceptors (Lipinski definition) is 5. The van der Waals surface area contributed by atoms with Gasteiger partial charge < -0.3 is 13.7 Å². The molecular weight excluding hydrogens is 406 g/mol. The van der Waals surface area contributed by atoms with Gasteiger partial charge in [0.1, 0.15) is 11.3 Å². The van der Waals surface area contributed by atoms with E-state index in [2.05, 4.69) is 0 Å². The number of carbonyl (C=O) groups is 2. The summed E-state index contributed by atoms with van der Waals surface area (Å²) >= 11 is 0. The van der Waals surface area contributed by atoms with E-state index in [4.69, 9.17) is 9.15 Å². The molecule has 0 amide bonds. The third-order valence-electron chi connectivity index (χ3n) is 5.81. The van der Waals surface area contributed by atoms with Crippen molar-refractivity contribution in [3.8, 4) is 11.3 Å². The van der Waals surface area contributed by atoms with Crippen LogP contribution in [0.25, 0.3) is 22.3 Å². The highest BCUT2D eigenvalue weighted by atomic mass is 16.5. The van der Waals surface area contributed by atoms with Crippen molar-refractivity contribution in [2.75, 3.05) is 6.61 Å². The van der Waals surface area contributed by atoms with Crippen molar-refractivity contribution in [2.24, 2.45) is 7.05 Å². The van der Waals surface area contributed by atoms with Gasteiger partial charge in [0, 0.05) is 35.1 Å².